The van der Waals surface area contributed by atoms with Gasteiger partial charge < -0.3 is 14.6 Å². The van der Waals surface area contributed by atoms with Gasteiger partial charge in [-0.1, -0.05) is 19.1 Å². The van der Waals surface area contributed by atoms with Crippen LogP contribution >= 0.6 is 0 Å². The van der Waals surface area contributed by atoms with Gasteiger partial charge in [-0.05, 0) is 45.1 Å². The number of oxazole rings is 1. The molecule has 1 amide bonds. The maximum atomic E-state index is 12.4. The Labute approximate surface area is 130 Å². The molecular formula is C17H23N3O2. The number of rotatable bonds is 4. The van der Waals surface area contributed by atoms with E-state index in [0.717, 1.165) is 37.0 Å². The van der Waals surface area contributed by atoms with Crippen LogP contribution in [0.1, 0.15) is 25.7 Å². The number of carbonyl (C=O) groups is 1. The van der Waals surface area contributed by atoms with E-state index in [1.165, 1.54) is 0 Å². The number of fused-ring (bicyclic) bond motifs is 1. The molecule has 5 nitrogen and oxygen atoms in total. The third kappa shape index (κ3) is 3.14. The lowest BCUT2D eigenvalue weighted by Gasteiger charge is -2.36. The molecule has 3 rings (SSSR count). The van der Waals surface area contributed by atoms with E-state index in [1.807, 2.05) is 24.3 Å². The third-order valence-corrected chi connectivity index (χ3v) is 4.60. The number of aromatic nitrogens is 1. The minimum Gasteiger partial charge on any atom is -0.441 e. The molecule has 118 valence electrons. The van der Waals surface area contributed by atoms with Gasteiger partial charge in [0.15, 0.2) is 11.5 Å². The van der Waals surface area contributed by atoms with Crippen LogP contribution in [0.15, 0.2) is 28.7 Å². The van der Waals surface area contributed by atoms with E-state index in [4.69, 9.17) is 4.42 Å². The van der Waals surface area contributed by atoms with Crippen LogP contribution in [-0.2, 0) is 11.2 Å². The molecule has 0 saturated carbocycles. The highest BCUT2D eigenvalue weighted by atomic mass is 16.3. The van der Waals surface area contributed by atoms with Crippen molar-refractivity contribution in [3.8, 4) is 0 Å². The molecule has 1 aromatic carbocycles. The van der Waals surface area contributed by atoms with Gasteiger partial charge in [-0.2, -0.15) is 0 Å². The van der Waals surface area contributed by atoms with Gasteiger partial charge in [-0.3, -0.25) is 4.79 Å². The zero-order chi connectivity index (χ0) is 15.6. The van der Waals surface area contributed by atoms with E-state index < -0.39 is 0 Å². The van der Waals surface area contributed by atoms with Gasteiger partial charge >= 0.3 is 0 Å². The third-order valence-electron chi connectivity index (χ3n) is 4.60. The first-order valence-corrected chi connectivity index (χ1v) is 7.88. The molecule has 0 bridgehead atoms. The molecule has 0 spiro atoms. The summed E-state index contributed by atoms with van der Waals surface area (Å²) in [5, 5.41) is 3.04. The van der Waals surface area contributed by atoms with Crippen LogP contribution in [-0.4, -0.2) is 42.5 Å². The Morgan fingerprint density at radius 3 is 2.82 bits per heavy atom. The summed E-state index contributed by atoms with van der Waals surface area (Å²) in [6.07, 6.45) is 2.45. The molecule has 1 aromatic heterocycles. The molecule has 0 radical (unpaired) electrons. The van der Waals surface area contributed by atoms with Crippen molar-refractivity contribution in [2.75, 3.05) is 26.7 Å². The van der Waals surface area contributed by atoms with Gasteiger partial charge in [0.1, 0.15) is 5.52 Å². The van der Waals surface area contributed by atoms with Crippen molar-refractivity contribution < 1.29 is 9.21 Å². The monoisotopic (exact) mass is 301 g/mol. The lowest BCUT2D eigenvalue weighted by Crippen LogP contribution is -2.46. The van der Waals surface area contributed by atoms with Crippen LogP contribution in [0.5, 0.6) is 0 Å². The van der Waals surface area contributed by atoms with Gasteiger partial charge in [0, 0.05) is 18.4 Å². The molecule has 1 fully saturated rings. The van der Waals surface area contributed by atoms with Crippen LogP contribution in [0.2, 0.25) is 0 Å². The van der Waals surface area contributed by atoms with Crippen molar-refractivity contribution in [3.05, 3.63) is 30.2 Å². The molecule has 1 aliphatic heterocycles. The second-order valence-electron chi connectivity index (χ2n) is 6.45. The molecule has 1 saturated heterocycles. The van der Waals surface area contributed by atoms with Crippen molar-refractivity contribution in [1.82, 2.24) is 15.2 Å². The van der Waals surface area contributed by atoms with Crippen molar-refractivity contribution in [2.24, 2.45) is 5.41 Å². The number of piperidine rings is 1. The largest absolute Gasteiger partial charge is 0.441 e. The highest BCUT2D eigenvalue weighted by Crippen LogP contribution is 2.30. The van der Waals surface area contributed by atoms with Gasteiger partial charge in [-0.25, -0.2) is 4.98 Å². The normalized spacial score (nSPS) is 18.5. The Hall–Kier alpha value is -1.88. The van der Waals surface area contributed by atoms with E-state index in [1.54, 1.807) is 0 Å². The molecule has 2 heterocycles. The van der Waals surface area contributed by atoms with Crippen LogP contribution < -0.4 is 5.32 Å². The lowest BCUT2D eigenvalue weighted by molar-refractivity contribution is -0.132. The van der Waals surface area contributed by atoms with E-state index in [9.17, 15) is 4.79 Å². The minimum absolute atomic E-state index is 0.150. The average Bonchev–Trinajstić information content (AvgIpc) is 2.93. The topological polar surface area (TPSA) is 58.4 Å². The molecule has 1 N–H and O–H groups in total. The quantitative estimate of drug-likeness (QED) is 0.940. The first kappa shape index (κ1) is 15.0. The Morgan fingerprint density at radius 2 is 2.09 bits per heavy atom. The fraction of sp³-hybridized carbons (Fsp3) is 0.529. The molecule has 0 aliphatic carbocycles. The molecule has 2 aromatic rings. The molecule has 1 aliphatic rings. The van der Waals surface area contributed by atoms with Gasteiger partial charge in [0.25, 0.3) is 0 Å². The number of hydrogen-bond acceptors (Lipinski definition) is 4. The standard InChI is InChI=1S/C17H23N3O2/c1-17(8-11-20(2)12-9-17)16(21)18-10-7-15-19-13-5-3-4-6-14(13)22-15/h3-6H,7-12H2,1-2H3,(H,18,21). The smallest absolute Gasteiger partial charge is 0.226 e. The number of benzene rings is 1. The zero-order valence-corrected chi connectivity index (χ0v) is 13.3. The van der Waals surface area contributed by atoms with Crippen molar-refractivity contribution in [3.63, 3.8) is 0 Å². The predicted octanol–water partition coefficient (Wildman–Crippen LogP) is 2.22. The second kappa shape index (κ2) is 6.08. The SMILES string of the molecule is CN1CCC(C)(C(=O)NCCc2nc3ccccc3o2)CC1. The highest BCUT2D eigenvalue weighted by molar-refractivity contribution is 5.82. The van der Waals surface area contributed by atoms with E-state index in [-0.39, 0.29) is 11.3 Å². The fourth-order valence-corrected chi connectivity index (χ4v) is 2.86. The number of amides is 1. The van der Waals surface area contributed by atoms with Crippen LogP contribution in [0.3, 0.4) is 0 Å². The maximum Gasteiger partial charge on any atom is 0.226 e. The van der Waals surface area contributed by atoms with Gasteiger partial charge in [0.2, 0.25) is 5.91 Å². The van der Waals surface area contributed by atoms with Crippen molar-refractivity contribution >= 4 is 17.0 Å². The van der Waals surface area contributed by atoms with E-state index in [2.05, 4.69) is 29.2 Å². The van der Waals surface area contributed by atoms with Crippen molar-refractivity contribution in [2.45, 2.75) is 26.2 Å². The molecule has 22 heavy (non-hydrogen) atoms. The summed E-state index contributed by atoms with van der Waals surface area (Å²) in [5.41, 5.74) is 1.42. The summed E-state index contributed by atoms with van der Waals surface area (Å²) >= 11 is 0. The number of nitrogens with one attached hydrogen (secondary N) is 1. The molecule has 0 atom stereocenters. The van der Waals surface area contributed by atoms with Gasteiger partial charge in [-0.15, -0.1) is 0 Å². The lowest BCUT2D eigenvalue weighted by atomic mass is 9.79. The van der Waals surface area contributed by atoms with E-state index in [0.29, 0.717) is 18.9 Å². The summed E-state index contributed by atoms with van der Waals surface area (Å²) < 4.78 is 5.67. The minimum atomic E-state index is -0.242. The van der Waals surface area contributed by atoms with Crippen LogP contribution in [0.4, 0.5) is 0 Å². The number of hydrogen-bond donors (Lipinski definition) is 1. The van der Waals surface area contributed by atoms with E-state index >= 15 is 0 Å². The first-order valence-electron chi connectivity index (χ1n) is 7.88. The van der Waals surface area contributed by atoms with Crippen LogP contribution in [0.25, 0.3) is 11.1 Å². The molecule has 5 heteroatoms. The summed E-state index contributed by atoms with van der Waals surface area (Å²) in [7, 11) is 2.10. The first-order chi connectivity index (χ1) is 10.6. The maximum absolute atomic E-state index is 12.4. The van der Waals surface area contributed by atoms with Crippen LogP contribution in [0, 0.1) is 5.41 Å². The number of para-hydroxylation sites is 2. The number of likely N-dealkylation sites (tertiary alicyclic amines) is 1. The summed E-state index contributed by atoms with van der Waals surface area (Å²) in [6.45, 7) is 4.59. The molecular weight excluding hydrogens is 278 g/mol. The zero-order valence-electron chi connectivity index (χ0n) is 13.3. The van der Waals surface area contributed by atoms with Crippen molar-refractivity contribution in [1.29, 1.82) is 0 Å². The summed E-state index contributed by atoms with van der Waals surface area (Å²) in [5.74, 6) is 0.826. The Bertz CT molecular complexity index is 624. The summed E-state index contributed by atoms with van der Waals surface area (Å²) in [6, 6.07) is 7.71. The Kier molecular flexibility index (Phi) is 4.16. The second-order valence-corrected chi connectivity index (χ2v) is 6.45. The Balaban J connectivity index is 1.53. The Morgan fingerprint density at radius 1 is 1.36 bits per heavy atom. The predicted molar refractivity (Wildman–Crippen MR) is 85.6 cm³/mol. The average molecular weight is 301 g/mol. The van der Waals surface area contributed by atoms with Gasteiger partial charge in [0.05, 0.1) is 0 Å². The number of nitrogens with zero attached hydrogens (tertiary/aromatic N) is 2. The molecule has 0 unspecified atom stereocenters. The summed E-state index contributed by atoms with van der Waals surface area (Å²) in [4.78, 5) is 19.1. The number of carbonyl (C=O) groups excluding carboxylic acids is 1. The fourth-order valence-electron chi connectivity index (χ4n) is 2.86. The highest BCUT2D eigenvalue weighted by Gasteiger charge is 2.35.